The van der Waals surface area contributed by atoms with E-state index in [2.05, 4.69) is 5.10 Å². The third kappa shape index (κ3) is 3.83. The van der Waals surface area contributed by atoms with Crippen molar-refractivity contribution in [3.63, 3.8) is 0 Å². The zero-order chi connectivity index (χ0) is 16.5. The van der Waals surface area contributed by atoms with Crippen LogP contribution in [0.15, 0.2) is 24.3 Å². The number of hydrogen-bond acceptors (Lipinski definition) is 4. The molecule has 22 heavy (non-hydrogen) atoms. The predicted octanol–water partition coefficient (Wildman–Crippen LogP) is 1.72. The molecule has 0 saturated carbocycles. The van der Waals surface area contributed by atoms with Crippen LogP contribution in [0.1, 0.15) is 21.6 Å². The fourth-order valence-corrected chi connectivity index (χ4v) is 2.66. The molecule has 1 aromatic heterocycles. The molecule has 0 aliphatic rings. The van der Waals surface area contributed by atoms with Gasteiger partial charge in [0.25, 0.3) is 5.91 Å². The number of halogens is 2. The number of benzene rings is 1. The maximum Gasteiger partial charge on any atom is 0.269 e. The Morgan fingerprint density at radius 2 is 1.95 bits per heavy atom. The van der Waals surface area contributed by atoms with Crippen molar-refractivity contribution in [1.82, 2.24) is 14.5 Å². The van der Waals surface area contributed by atoms with E-state index >= 15 is 0 Å². The molecule has 9 heteroatoms. The highest BCUT2D eigenvalue weighted by Crippen LogP contribution is 2.21. The number of nitrogens with one attached hydrogen (secondary N) is 1. The number of nitrogens with zero attached hydrogens (tertiary/aromatic N) is 2. The van der Waals surface area contributed by atoms with Crippen molar-refractivity contribution < 1.29 is 17.6 Å². The molecule has 0 radical (unpaired) electrons. The van der Waals surface area contributed by atoms with Gasteiger partial charge in [-0.15, -0.1) is 0 Å². The molecule has 2 rings (SSSR count). The number of rotatable bonds is 4. The second kappa shape index (κ2) is 6.05. The molecule has 0 saturated heterocycles. The van der Waals surface area contributed by atoms with E-state index in [-0.39, 0.29) is 23.1 Å². The Balaban J connectivity index is 2.30. The zero-order valence-electron chi connectivity index (χ0n) is 11.8. The molecule has 0 fully saturated rings. The van der Waals surface area contributed by atoms with Crippen molar-refractivity contribution in [2.24, 2.45) is 0 Å². The second-order valence-electron chi connectivity index (χ2n) is 4.74. The third-order valence-corrected chi connectivity index (χ3v) is 3.76. The van der Waals surface area contributed by atoms with Crippen LogP contribution in [-0.4, -0.2) is 30.4 Å². The molecule has 0 unspecified atom stereocenters. The smallest absolute Gasteiger partial charge is 0.268 e. The van der Waals surface area contributed by atoms with E-state index in [0.29, 0.717) is 5.69 Å². The monoisotopic (exact) mass is 345 g/mol. The van der Waals surface area contributed by atoms with Gasteiger partial charge in [0.2, 0.25) is 10.0 Å². The lowest BCUT2D eigenvalue weighted by Crippen LogP contribution is -2.29. The van der Waals surface area contributed by atoms with Crippen LogP contribution in [0.3, 0.4) is 0 Å². The molecule has 118 valence electrons. The van der Waals surface area contributed by atoms with E-state index in [0.717, 1.165) is 11.8 Å². The average Bonchev–Trinajstić information content (AvgIpc) is 2.65. The SMILES string of the molecule is Cc1nn(Cc2ccc(F)cc2)c(Cl)c1C(=O)NS(C)(=O)=O. The van der Waals surface area contributed by atoms with Gasteiger partial charge in [-0.3, -0.25) is 4.79 Å². The fourth-order valence-electron chi connectivity index (χ4n) is 1.90. The highest BCUT2D eigenvalue weighted by Gasteiger charge is 2.22. The van der Waals surface area contributed by atoms with Crippen LogP contribution in [0, 0.1) is 12.7 Å². The highest BCUT2D eigenvalue weighted by molar-refractivity contribution is 7.89. The molecule has 1 heterocycles. The fraction of sp³-hybridized carbons (Fsp3) is 0.231. The molecule has 0 aliphatic carbocycles. The van der Waals surface area contributed by atoms with Crippen molar-refractivity contribution in [1.29, 1.82) is 0 Å². The normalized spacial score (nSPS) is 11.5. The largest absolute Gasteiger partial charge is 0.269 e. The predicted molar refractivity (Wildman–Crippen MR) is 79.8 cm³/mol. The highest BCUT2D eigenvalue weighted by atomic mass is 35.5. The van der Waals surface area contributed by atoms with Gasteiger partial charge in [-0.1, -0.05) is 23.7 Å². The Bertz CT molecular complexity index is 816. The number of aromatic nitrogens is 2. The van der Waals surface area contributed by atoms with Gasteiger partial charge in [0.1, 0.15) is 16.5 Å². The number of carbonyl (C=O) groups is 1. The molecule has 0 bridgehead atoms. The lowest BCUT2D eigenvalue weighted by molar-refractivity contribution is 0.0981. The van der Waals surface area contributed by atoms with Crippen LogP contribution < -0.4 is 4.72 Å². The summed E-state index contributed by atoms with van der Waals surface area (Å²) in [6.07, 6.45) is 0.872. The summed E-state index contributed by atoms with van der Waals surface area (Å²) in [5.41, 5.74) is 1.03. The molecule has 0 atom stereocenters. The minimum absolute atomic E-state index is 0.00537. The van der Waals surface area contributed by atoms with Gasteiger partial charge in [-0.25, -0.2) is 22.2 Å². The molecule has 0 aliphatic heterocycles. The molecule has 1 amide bonds. The van der Waals surface area contributed by atoms with Gasteiger partial charge in [-0.05, 0) is 24.6 Å². The number of amides is 1. The number of hydrogen-bond donors (Lipinski definition) is 1. The van der Waals surface area contributed by atoms with E-state index in [1.165, 1.54) is 16.8 Å². The molecule has 1 N–H and O–H groups in total. The van der Waals surface area contributed by atoms with Crippen LogP contribution in [0.25, 0.3) is 0 Å². The Hall–Kier alpha value is -1.93. The standard InChI is InChI=1S/C13H13ClFN3O3S/c1-8-11(13(19)17-22(2,20)21)12(14)18(16-8)7-9-3-5-10(15)6-4-9/h3-6H,7H2,1-2H3,(H,17,19). The van der Waals surface area contributed by atoms with Crippen LogP contribution in [0.2, 0.25) is 5.15 Å². The van der Waals surface area contributed by atoms with Gasteiger partial charge < -0.3 is 0 Å². The maximum absolute atomic E-state index is 12.9. The maximum atomic E-state index is 12.9. The minimum atomic E-state index is -3.70. The van der Waals surface area contributed by atoms with E-state index in [1.54, 1.807) is 19.1 Å². The number of aryl methyl sites for hydroxylation is 1. The topological polar surface area (TPSA) is 81.1 Å². The lowest BCUT2D eigenvalue weighted by atomic mass is 10.2. The van der Waals surface area contributed by atoms with Gasteiger partial charge in [0.05, 0.1) is 18.5 Å². The number of carbonyl (C=O) groups excluding carboxylic acids is 1. The summed E-state index contributed by atoms with van der Waals surface area (Å²) in [6, 6.07) is 5.74. The van der Waals surface area contributed by atoms with Gasteiger partial charge >= 0.3 is 0 Å². The number of sulfonamides is 1. The van der Waals surface area contributed by atoms with E-state index in [1.807, 2.05) is 4.72 Å². The summed E-state index contributed by atoms with van der Waals surface area (Å²) in [4.78, 5) is 11.9. The second-order valence-corrected chi connectivity index (χ2v) is 6.85. The van der Waals surface area contributed by atoms with Crippen molar-refractivity contribution in [2.45, 2.75) is 13.5 Å². The lowest BCUT2D eigenvalue weighted by Gasteiger charge is -2.04. The van der Waals surface area contributed by atoms with Crippen molar-refractivity contribution in [3.8, 4) is 0 Å². The molecule has 0 spiro atoms. The molecular weight excluding hydrogens is 333 g/mol. The third-order valence-electron chi connectivity index (χ3n) is 2.82. The van der Waals surface area contributed by atoms with E-state index in [4.69, 9.17) is 11.6 Å². The molecule has 6 nitrogen and oxygen atoms in total. The quantitative estimate of drug-likeness (QED) is 0.914. The van der Waals surface area contributed by atoms with Crippen LogP contribution in [0.5, 0.6) is 0 Å². The zero-order valence-corrected chi connectivity index (χ0v) is 13.4. The van der Waals surface area contributed by atoms with Crippen LogP contribution in [-0.2, 0) is 16.6 Å². The van der Waals surface area contributed by atoms with Crippen molar-refractivity contribution in [3.05, 3.63) is 52.1 Å². The summed E-state index contributed by atoms with van der Waals surface area (Å²) < 4.78 is 38.3. The Morgan fingerprint density at radius 3 is 2.50 bits per heavy atom. The van der Waals surface area contributed by atoms with Gasteiger partial charge in [0, 0.05) is 0 Å². The van der Waals surface area contributed by atoms with Crippen LogP contribution >= 0.6 is 11.6 Å². The first-order chi connectivity index (χ1) is 10.2. The summed E-state index contributed by atoms with van der Waals surface area (Å²) in [6.45, 7) is 1.77. The first-order valence-corrected chi connectivity index (χ1v) is 8.44. The first kappa shape index (κ1) is 16.4. The average molecular weight is 346 g/mol. The van der Waals surface area contributed by atoms with Crippen molar-refractivity contribution >= 4 is 27.5 Å². The van der Waals surface area contributed by atoms with Crippen LogP contribution in [0.4, 0.5) is 4.39 Å². The summed E-state index contributed by atoms with van der Waals surface area (Å²) >= 11 is 6.11. The Labute approximate surface area is 131 Å². The minimum Gasteiger partial charge on any atom is -0.268 e. The van der Waals surface area contributed by atoms with E-state index in [9.17, 15) is 17.6 Å². The van der Waals surface area contributed by atoms with Gasteiger partial charge in [0.15, 0.2) is 0 Å². The summed E-state index contributed by atoms with van der Waals surface area (Å²) in [5.74, 6) is -1.20. The Kier molecular flexibility index (Phi) is 4.52. The first-order valence-electron chi connectivity index (χ1n) is 6.17. The Morgan fingerprint density at radius 1 is 1.36 bits per heavy atom. The summed E-state index contributed by atoms with van der Waals surface area (Å²) in [5, 5.41) is 4.13. The van der Waals surface area contributed by atoms with Crippen molar-refractivity contribution in [2.75, 3.05) is 6.26 Å². The summed E-state index contributed by atoms with van der Waals surface area (Å²) in [7, 11) is -3.70. The van der Waals surface area contributed by atoms with E-state index < -0.39 is 15.9 Å². The molecule has 1 aromatic carbocycles. The molecular formula is C13H13ClFN3O3S. The van der Waals surface area contributed by atoms with Gasteiger partial charge in [-0.2, -0.15) is 5.10 Å². The molecule has 2 aromatic rings.